The van der Waals surface area contributed by atoms with E-state index in [2.05, 4.69) is 19.9 Å². The normalized spacial score (nSPS) is 16.0. The number of carbonyl (C=O) groups excluding carboxylic acids is 2. The number of aromatic nitrogens is 3. The third kappa shape index (κ3) is 8.96. The number of esters is 1. The molecular formula is C30H28Cl6N4O3. The van der Waals surface area contributed by atoms with Crippen LogP contribution in [0.25, 0.3) is 17.5 Å². The van der Waals surface area contributed by atoms with Crippen LogP contribution in [-0.2, 0) is 17.2 Å². The molecular weight excluding hydrogens is 677 g/mol. The molecule has 228 valence electrons. The van der Waals surface area contributed by atoms with E-state index >= 15 is 0 Å². The summed E-state index contributed by atoms with van der Waals surface area (Å²) in [5, 5.41) is 0. The van der Waals surface area contributed by atoms with E-state index in [-0.39, 0.29) is 41.1 Å². The van der Waals surface area contributed by atoms with Gasteiger partial charge in [-0.3, -0.25) is 9.59 Å². The van der Waals surface area contributed by atoms with Gasteiger partial charge in [0.1, 0.15) is 5.75 Å². The molecule has 1 heterocycles. The van der Waals surface area contributed by atoms with E-state index in [1.54, 1.807) is 24.3 Å². The van der Waals surface area contributed by atoms with Crippen molar-refractivity contribution < 1.29 is 14.3 Å². The summed E-state index contributed by atoms with van der Waals surface area (Å²) in [5.41, 5.74) is 3.12. The van der Waals surface area contributed by atoms with Crippen molar-refractivity contribution in [3.63, 3.8) is 0 Å². The van der Waals surface area contributed by atoms with Crippen LogP contribution in [0.4, 0.5) is 5.69 Å². The predicted molar refractivity (Wildman–Crippen MR) is 174 cm³/mol. The summed E-state index contributed by atoms with van der Waals surface area (Å²) in [6.07, 6.45) is 4.49. The Morgan fingerprint density at radius 3 is 2.02 bits per heavy atom. The number of halogens is 6. The van der Waals surface area contributed by atoms with Crippen molar-refractivity contribution in [1.82, 2.24) is 15.0 Å². The van der Waals surface area contributed by atoms with Crippen LogP contribution in [0, 0.1) is 5.41 Å². The minimum atomic E-state index is -1.97. The molecule has 7 nitrogen and oxygen atoms in total. The number of hydrogen-bond acceptors (Lipinski definition) is 7. The Labute approximate surface area is 280 Å². The molecule has 1 saturated carbocycles. The second-order valence-electron chi connectivity index (χ2n) is 10.8. The molecule has 0 saturated heterocycles. The highest BCUT2D eigenvalue weighted by Gasteiger charge is 2.36. The second-order valence-corrected chi connectivity index (χ2v) is 15.4. The molecule has 0 spiro atoms. The number of anilines is 1. The smallest absolute Gasteiger partial charge is 0.311 e. The Bertz CT molecular complexity index is 1480. The zero-order valence-corrected chi connectivity index (χ0v) is 28.0. The maximum absolute atomic E-state index is 12.5. The topological polar surface area (TPSA) is 85.3 Å². The number of alkyl halides is 6. The fraction of sp³-hybridized carbons (Fsp3) is 0.367. The molecule has 1 aliphatic carbocycles. The van der Waals surface area contributed by atoms with Gasteiger partial charge in [0, 0.05) is 36.7 Å². The molecule has 0 radical (unpaired) electrons. The average molecular weight is 705 g/mol. The Morgan fingerprint density at radius 1 is 0.930 bits per heavy atom. The van der Waals surface area contributed by atoms with Gasteiger partial charge in [-0.05, 0) is 72.9 Å². The number of carbonyl (C=O) groups is 2. The van der Waals surface area contributed by atoms with Crippen molar-refractivity contribution in [1.29, 1.82) is 0 Å². The lowest BCUT2D eigenvalue weighted by molar-refractivity contribution is -0.134. The van der Waals surface area contributed by atoms with Crippen molar-refractivity contribution in [2.24, 2.45) is 5.41 Å². The Hall–Kier alpha value is -2.13. The third-order valence-corrected chi connectivity index (χ3v) is 7.98. The first-order valence-electron chi connectivity index (χ1n) is 13.3. The monoisotopic (exact) mass is 702 g/mol. The summed E-state index contributed by atoms with van der Waals surface area (Å²) in [6, 6.07) is 14.4. The third-order valence-electron chi connectivity index (χ3n) is 6.96. The fourth-order valence-electron chi connectivity index (χ4n) is 4.48. The summed E-state index contributed by atoms with van der Waals surface area (Å²) >= 11 is 35.6. The van der Waals surface area contributed by atoms with E-state index in [0.29, 0.717) is 24.3 Å². The van der Waals surface area contributed by atoms with E-state index in [9.17, 15) is 9.59 Å². The van der Waals surface area contributed by atoms with Crippen LogP contribution in [0.1, 0.15) is 56.7 Å². The summed E-state index contributed by atoms with van der Waals surface area (Å²) in [7, 11) is 1.96. The SMILES string of the molecule is CN(CCCC(=O)Oc1ccc(-c2nc(C(Cl)(Cl)Cl)nc(C(Cl)(Cl)Cl)n2)cc1)c1ccc(/C=C2\CCC(C)(C)C2=O)cc1. The molecule has 3 aromatic rings. The number of allylic oxidation sites excluding steroid dienone is 1. The van der Waals surface area contributed by atoms with Crippen LogP contribution >= 0.6 is 69.6 Å². The lowest BCUT2D eigenvalue weighted by atomic mass is 9.90. The Balaban J connectivity index is 1.30. The standard InChI is InChI=1S/C30H28Cl6N4O3/c1-28(2)15-14-20(24(28)42)17-18-6-10-21(11-7-18)40(3)16-4-5-23(41)43-22-12-8-19(9-13-22)25-37-26(29(31,32)33)39-27(38-25)30(34,35)36/h6-13,17H,4-5,14-16H2,1-3H3/b20-17+. The molecule has 0 N–H and O–H groups in total. The second kappa shape index (κ2) is 13.5. The van der Waals surface area contributed by atoms with Crippen molar-refractivity contribution >= 4 is 93.1 Å². The van der Waals surface area contributed by atoms with Gasteiger partial charge in [0.2, 0.25) is 7.59 Å². The van der Waals surface area contributed by atoms with Gasteiger partial charge in [0.25, 0.3) is 0 Å². The molecule has 4 rings (SSSR count). The molecule has 1 fully saturated rings. The molecule has 1 aromatic heterocycles. The number of hydrogen-bond donors (Lipinski definition) is 0. The average Bonchev–Trinajstić information content (AvgIpc) is 3.19. The van der Waals surface area contributed by atoms with Crippen molar-refractivity contribution in [2.45, 2.75) is 47.1 Å². The van der Waals surface area contributed by atoms with Crippen LogP contribution < -0.4 is 9.64 Å². The first-order chi connectivity index (χ1) is 20.0. The van der Waals surface area contributed by atoms with Crippen molar-refractivity contribution in [3.05, 3.63) is 71.3 Å². The van der Waals surface area contributed by atoms with Crippen LogP contribution in [0.2, 0.25) is 0 Å². The summed E-state index contributed by atoms with van der Waals surface area (Å²) in [5.74, 6) is -0.105. The molecule has 0 aliphatic heterocycles. The van der Waals surface area contributed by atoms with E-state index < -0.39 is 7.59 Å². The summed E-state index contributed by atoms with van der Waals surface area (Å²) in [6.45, 7) is 4.64. The van der Waals surface area contributed by atoms with Crippen LogP contribution in [0.5, 0.6) is 5.75 Å². The lowest BCUT2D eigenvalue weighted by Gasteiger charge is -2.19. The number of benzene rings is 2. The highest BCUT2D eigenvalue weighted by Crippen LogP contribution is 2.41. The van der Waals surface area contributed by atoms with Gasteiger partial charge in [-0.2, -0.15) is 0 Å². The Kier molecular flexibility index (Phi) is 10.6. The zero-order valence-electron chi connectivity index (χ0n) is 23.5. The minimum Gasteiger partial charge on any atom is -0.427 e. The molecule has 13 heteroatoms. The fourth-order valence-corrected chi connectivity index (χ4v) is 4.98. The largest absolute Gasteiger partial charge is 0.427 e. The van der Waals surface area contributed by atoms with E-state index in [1.807, 2.05) is 51.2 Å². The van der Waals surface area contributed by atoms with Gasteiger partial charge in [0.05, 0.1) is 0 Å². The number of Topliss-reactive ketones (excluding diaryl/α,β-unsaturated/α-hetero) is 1. The van der Waals surface area contributed by atoms with Gasteiger partial charge < -0.3 is 9.64 Å². The summed E-state index contributed by atoms with van der Waals surface area (Å²) < 4.78 is 1.54. The highest BCUT2D eigenvalue weighted by molar-refractivity contribution is 6.67. The van der Waals surface area contributed by atoms with Gasteiger partial charge in [0.15, 0.2) is 23.3 Å². The molecule has 0 atom stereocenters. The van der Waals surface area contributed by atoms with Gasteiger partial charge >= 0.3 is 5.97 Å². The van der Waals surface area contributed by atoms with E-state index in [0.717, 1.165) is 29.7 Å². The van der Waals surface area contributed by atoms with Crippen molar-refractivity contribution in [3.8, 4) is 17.1 Å². The number of rotatable bonds is 8. The Morgan fingerprint density at radius 2 is 1.51 bits per heavy atom. The molecule has 43 heavy (non-hydrogen) atoms. The van der Waals surface area contributed by atoms with E-state index in [1.165, 1.54) is 0 Å². The quantitative estimate of drug-likeness (QED) is 0.100. The predicted octanol–water partition coefficient (Wildman–Crippen LogP) is 8.79. The maximum atomic E-state index is 12.5. The molecule has 0 amide bonds. The molecule has 0 bridgehead atoms. The highest BCUT2D eigenvalue weighted by atomic mass is 35.6. The van der Waals surface area contributed by atoms with Gasteiger partial charge in [-0.1, -0.05) is 95.6 Å². The van der Waals surface area contributed by atoms with Gasteiger partial charge in [-0.25, -0.2) is 15.0 Å². The summed E-state index contributed by atoms with van der Waals surface area (Å²) in [4.78, 5) is 39.3. The number of ketones is 1. The van der Waals surface area contributed by atoms with Crippen LogP contribution in [-0.4, -0.2) is 40.3 Å². The zero-order chi connectivity index (χ0) is 31.6. The molecule has 0 unspecified atom stereocenters. The van der Waals surface area contributed by atoms with Crippen molar-refractivity contribution in [2.75, 3.05) is 18.5 Å². The maximum Gasteiger partial charge on any atom is 0.311 e. The molecule has 1 aliphatic rings. The number of nitrogens with zero attached hydrogens (tertiary/aromatic N) is 4. The number of ether oxygens (including phenoxy) is 1. The molecule has 2 aromatic carbocycles. The van der Waals surface area contributed by atoms with Crippen LogP contribution in [0.3, 0.4) is 0 Å². The van der Waals surface area contributed by atoms with Gasteiger partial charge in [-0.15, -0.1) is 0 Å². The minimum absolute atomic E-state index is 0.110. The lowest BCUT2D eigenvalue weighted by Crippen LogP contribution is -2.20. The first kappa shape index (κ1) is 33.8. The first-order valence-corrected chi connectivity index (χ1v) is 15.6. The van der Waals surface area contributed by atoms with E-state index in [4.69, 9.17) is 74.3 Å². The van der Waals surface area contributed by atoms with Crippen LogP contribution in [0.15, 0.2) is 54.1 Å².